The van der Waals surface area contributed by atoms with E-state index >= 15 is 0 Å². The summed E-state index contributed by atoms with van der Waals surface area (Å²) in [4.78, 5) is 14.2. The average molecular weight is 223 g/mol. The van der Waals surface area contributed by atoms with Gasteiger partial charge in [0.05, 0.1) is 13.1 Å². The Morgan fingerprint density at radius 3 is 2.31 bits per heavy atom. The Kier molecular flexibility index (Phi) is 2.13. The predicted molar refractivity (Wildman–Crippen MR) is 60.8 cm³/mol. The Morgan fingerprint density at radius 1 is 1.25 bits per heavy atom. The molecule has 3 rings (SSSR count). The number of rotatable bonds is 2. The highest BCUT2D eigenvalue weighted by molar-refractivity contribution is 5.83. The van der Waals surface area contributed by atoms with Crippen molar-refractivity contribution in [2.45, 2.75) is 51.0 Å². The first-order valence-corrected chi connectivity index (χ1v) is 6.55. The van der Waals surface area contributed by atoms with Crippen LogP contribution in [-0.4, -0.2) is 34.6 Å². The molecular formula is C13H21NO2. The van der Waals surface area contributed by atoms with Gasteiger partial charge in [0.25, 0.3) is 0 Å². The third kappa shape index (κ3) is 1.48. The Balaban J connectivity index is 1.61. The van der Waals surface area contributed by atoms with Gasteiger partial charge in [-0.2, -0.15) is 0 Å². The quantitative estimate of drug-likeness (QED) is 0.771. The summed E-state index contributed by atoms with van der Waals surface area (Å²) in [5.41, 5.74) is -0.643. The molecule has 3 aliphatic rings. The smallest absolute Gasteiger partial charge is 0.228 e. The standard InChI is InChI=1S/C13H21NO2/c1-12(6-2-3-7-12)11(15)14-8-13(16,9-14)10-4-5-10/h10,16H,2-9H2,1H3. The molecule has 0 aromatic heterocycles. The van der Waals surface area contributed by atoms with Gasteiger partial charge in [-0.1, -0.05) is 19.8 Å². The third-order valence-corrected chi connectivity index (χ3v) is 4.78. The number of amides is 1. The van der Waals surface area contributed by atoms with E-state index in [9.17, 15) is 9.90 Å². The molecule has 0 aromatic carbocycles. The van der Waals surface area contributed by atoms with E-state index in [0.717, 1.165) is 25.7 Å². The van der Waals surface area contributed by atoms with Gasteiger partial charge >= 0.3 is 0 Å². The molecule has 3 fully saturated rings. The minimum Gasteiger partial charge on any atom is -0.386 e. The predicted octanol–water partition coefficient (Wildman–Crippen LogP) is 1.55. The minimum absolute atomic E-state index is 0.120. The van der Waals surface area contributed by atoms with E-state index < -0.39 is 5.60 Å². The van der Waals surface area contributed by atoms with Crippen molar-refractivity contribution in [2.24, 2.45) is 11.3 Å². The van der Waals surface area contributed by atoms with Gasteiger partial charge in [-0.3, -0.25) is 4.79 Å². The molecular weight excluding hydrogens is 202 g/mol. The summed E-state index contributed by atoms with van der Waals surface area (Å²) in [6, 6.07) is 0. The first-order chi connectivity index (χ1) is 7.54. The van der Waals surface area contributed by atoms with Crippen LogP contribution in [0.3, 0.4) is 0 Å². The number of hydrogen-bond acceptors (Lipinski definition) is 2. The van der Waals surface area contributed by atoms with Gasteiger partial charge < -0.3 is 10.0 Å². The van der Waals surface area contributed by atoms with Crippen molar-refractivity contribution in [2.75, 3.05) is 13.1 Å². The zero-order chi connectivity index (χ0) is 11.4. The highest BCUT2D eigenvalue weighted by atomic mass is 16.3. The largest absolute Gasteiger partial charge is 0.386 e. The molecule has 0 aromatic rings. The molecule has 1 amide bonds. The van der Waals surface area contributed by atoms with Crippen LogP contribution in [0, 0.1) is 11.3 Å². The second-order valence-corrected chi connectivity index (χ2v) is 6.31. The maximum absolute atomic E-state index is 12.3. The molecule has 0 radical (unpaired) electrons. The van der Waals surface area contributed by atoms with Crippen molar-refractivity contribution < 1.29 is 9.90 Å². The molecule has 0 spiro atoms. The second-order valence-electron chi connectivity index (χ2n) is 6.31. The molecule has 0 bridgehead atoms. The van der Waals surface area contributed by atoms with Crippen LogP contribution in [0.2, 0.25) is 0 Å². The third-order valence-electron chi connectivity index (χ3n) is 4.78. The summed E-state index contributed by atoms with van der Waals surface area (Å²) in [7, 11) is 0. The molecule has 0 unspecified atom stereocenters. The van der Waals surface area contributed by atoms with Crippen LogP contribution in [0.4, 0.5) is 0 Å². The lowest BCUT2D eigenvalue weighted by molar-refractivity contribution is -0.168. The van der Waals surface area contributed by atoms with Crippen LogP contribution in [0.5, 0.6) is 0 Å². The molecule has 90 valence electrons. The highest BCUT2D eigenvalue weighted by Gasteiger charge is 2.55. The Morgan fingerprint density at radius 2 is 1.81 bits per heavy atom. The molecule has 3 nitrogen and oxygen atoms in total. The fourth-order valence-electron chi connectivity index (χ4n) is 3.39. The van der Waals surface area contributed by atoms with Gasteiger partial charge in [0.2, 0.25) is 5.91 Å². The summed E-state index contributed by atoms with van der Waals surface area (Å²) in [5, 5.41) is 10.2. The first-order valence-electron chi connectivity index (χ1n) is 6.55. The number of carbonyl (C=O) groups excluding carboxylic acids is 1. The van der Waals surface area contributed by atoms with E-state index in [2.05, 4.69) is 6.92 Å². The van der Waals surface area contributed by atoms with Gasteiger partial charge in [0.1, 0.15) is 5.60 Å². The first kappa shape index (κ1) is 10.6. The Hall–Kier alpha value is -0.570. The summed E-state index contributed by atoms with van der Waals surface area (Å²) < 4.78 is 0. The number of likely N-dealkylation sites (tertiary alicyclic amines) is 1. The summed E-state index contributed by atoms with van der Waals surface area (Å²) in [6.07, 6.45) is 6.73. The average Bonchev–Trinajstić information content (AvgIpc) is 2.97. The number of aliphatic hydroxyl groups is 1. The Labute approximate surface area is 96.8 Å². The van der Waals surface area contributed by atoms with Crippen molar-refractivity contribution in [3.8, 4) is 0 Å². The normalized spacial score (nSPS) is 31.2. The molecule has 1 aliphatic heterocycles. The maximum atomic E-state index is 12.3. The van der Waals surface area contributed by atoms with Crippen LogP contribution in [0.25, 0.3) is 0 Å². The number of hydrogen-bond donors (Lipinski definition) is 1. The van der Waals surface area contributed by atoms with Crippen molar-refractivity contribution in [1.82, 2.24) is 4.90 Å². The lowest BCUT2D eigenvalue weighted by Crippen LogP contribution is -2.66. The SMILES string of the molecule is CC1(C(=O)N2CC(O)(C3CC3)C2)CCCC1. The van der Waals surface area contributed by atoms with E-state index in [1.807, 2.05) is 4.90 Å². The van der Waals surface area contributed by atoms with E-state index in [4.69, 9.17) is 0 Å². The van der Waals surface area contributed by atoms with Crippen LogP contribution in [0.15, 0.2) is 0 Å². The van der Waals surface area contributed by atoms with Gasteiger partial charge in [-0.25, -0.2) is 0 Å². The molecule has 1 saturated heterocycles. The lowest BCUT2D eigenvalue weighted by atomic mass is 9.82. The zero-order valence-electron chi connectivity index (χ0n) is 10.0. The molecule has 16 heavy (non-hydrogen) atoms. The minimum atomic E-state index is -0.523. The number of β-amino-alcohol motifs (C(OH)–C–C–N with tert-alkyl or cyclic N) is 1. The molecule has 1 N–H and O–H groups in total. The number of nitrogens with zero attached hydrogens (tertiary/aromatic N) is 1. The van der Waals surface area contributed by atoms with Crippen LogP contribution in [-0.2, 0) is 4.79 Å². The van der Waals surface area contributed by atoms with Gasteiger partial charge in [-0.05, 0) is 31.6 Å². The summed E-state index contributed by atoms with van der Waals surface area (Å²) in [5.74, 6) is 0.767. The van der Waals surface area contributed by atoms with E-state index in [1.54, 1.807) is 0 Å². The van der Waals surface area contributed by atoms with Crippen molar-refractivity contribution in [3.05, 3.63) is 0 Å². The topological polar surface area (TPSA) is 40.5 Å². The number of carbonyl (C=O) groups is 1. The van der Waals surface area contributed by atoms with Crippen molar-refractivity contribution in [3.63, 3.8) is 0 Å². The Bertz CT molecular complexity index is 310. The summed E-state index contributed by atoms with van der Waals surface area (Å²) >= 11 is 0. The molecule has 2 saturated carbocycles. The van der Waals surface area contributed by atoms with Crippen LogP contribution < -0.4 is 0 Å². The van der Waals surface area contributed by atoms with Crippen LogP contribution in [0.1, 0.15) is 45.4 Å². The zero-order valence-corrected chi connectivity index (χ0v) is 10.0. The van der Waals surface area contributed by atoms with E-state index in [0.29, 0.717) is 19.0 Å². The highest BCUT2D eigenvalue weighted by Crippen LogP contribution is 2.47. The molecule has 0 atom stereocenters. The van der Waals surface area contributed by atoms with Crippen molar-refractivity contribution >= 4 is 5.91 Å². The van der Waals surface area contributed by atoms with Gasteiger partial charge in [0.15, 0.2) is 0 Å². The molecule has 1 heterocycles. The van der Waals surface area contributed by atoms with E-state index in [1.165, 1.54) is 12.8 Å². The van der Waals surface area contributed by atoms with Gasteiger partial charge in [0, 0.05) is 5.41 Å². The van der Waals surface area contributed by atoms with Crippen LogP contribution >= 0.6 is 0 Å². The lowest BCUT2D eigenvalue weighted by Gasteiger charge is -2.49. The van der Waals surface area contributed by atoms with Crippen molar-refractivity contribution in [1.29, 1.82) is 0 Å². The van der Waals surface area contributed by atoms with Gasteiger partial charge in [-0.15, -0.1) is 0 Å². The van der Waals surface area contributed by atoms with E-state index in [-0.39, 0.29) is 11.3 Å². The maximum Gasteiger partial charge on any atom is 0.228 e. The monoisotopic (exact) mass is 223 g/mol. The second kappa shape index (κ2) is 3.22. The fraction of sp³-hybridized carbons (Fsp3) is 0.923. The summed E-state index contributed by atoms with van der Waals surface area (Å²) in [6.45, 7) is 3.27. The molecule has 3 heteroatoms. The fourth-order valence-corrected chi connectivity index (χ4v) is 3.39. The molecule has 2 aliphatic carbocycles.